The molecule has 0 bridgehead atoms. The fourth-order valence-electron chi connectivity index (χ4n) is 1.06. The average Bonchev–Trinajstić information content (AvgIpc) is 1.72. The van der Waals surface area contributed by atoms with E-state index in [2.05, 4.69) is 0 Å². The zero-order valence-electron chi connectivity index (χ0n) is 5.88. The summed E-state index contributed by atoms with van der Waals surface area (Å²) in [5, 5.41) is 0. The highest BCUT2D eigenvalue weighted by Gasteiger charge is 1.95. The van der Waals surface area contributed by atoms with E-state index in [1.165, 1.54) is 38.5 Å². The molecule has 0 spiro atoms. The first kappa shape index (κ1) is 29.5. The van der Waals surface area contributed by atoms with Crippen LogP contribution in [-0.2, 0) is 0 Å². The molecule has 0 atom stereocenters. The van der Waals surface area contributed by atoms with Crippen molar-refractivity contribution in [1.82, 2.24) is 0 Å². The van der Waals surface area contributed by atoms with Gasteiger partial charge in [0.2, 0.25) is 0 Å². The van der Waals surface area contributed by atoms with Gasteiger partial charge >= 0.3 is 0 Å². The first-order chi connectivity index (χ1) is 3.00. The average molecular weight is 246 g/mol. The smallest absolute Gasteiger partial charge is 0.0533 e. The van der Waals surface area contributed by atoms with Crippen LogP contribution in [-0.4, -0.2) is 0 Å². The van der Waals surface area contributed by atoms with Crippen molar-refractivity contribution in [3.05, 3.63) is 0 Å². The fourth-order valence-corrected chi connectivity index (χ4v) is 1.06. The fraction of sp³-hybridized carbons (Fsp3) is 1.00. The Bertz CT molecular complexity index is 25.9. The van der Waals surface area contributed by atoms with Crippen LogP contribution in [0.1, 0.15) is 46.0 Å². The van der Waals surface area contributed by atoms with Gasteiger partial charge in [-0.3, -0.25) is 0 Å². The Kier molecular flexibility index (Phi) is 60.3. The highest BCUT2D eigenvalue weighted by Crippen LogP contribution is 2.15. The maximum Gasteiger partial charge on any atom is -0.0533 e. The lowest BCUT2D eigenvalue weighted by atomic mass is 10.0. The minimum absolute atomic E-state index is 0. The molecule has 0 radical (unpaired) electrons. The lowest BCUT2D eigenvalue weighted by molar-refractivity contribution is 0.504. The normalized spacial score (nSPS) is 13.1. The van der Waals surface area contributed by atoms with Gasteiger partial charge in [0.1, 0.15) is 0 Å². The van der Waals surface area contributed by atoms with Crippen molar-refractivity contribution in [1.29, 1.82) is 0 Å². The summed E-state index contributed by atoms with van der Waals surface area (Å²) in [6, 6.07) is 0. The van der Waals surface area contributed by atoms with Crippen molar-refractivity contribution in [3.8, 4) is 0 Å². The van der Waals surface area contributed by atoms with Gasteiger partial charge in [0.25, 0.3) is 0 Å². The van der Waals surface area contributed by atoms with Crippen LogP contribution in [0.3, 0.4) is 0 Å². The van der Waals surface area contributed by atoms with Crippen molar-refractivity contribution < 1.29 is 0 Å². The molecule has 0 nitrogen and oxygen atoms in total. The largest absolute Gasteiger partial charge is 0.147 e. The summed E-state index contributed by atoms with van der Waals surface area (Å²) in [5.74, 6) is 0. The van der Waals surface area contributed by atoms with Crippen molar-refractivity contribution in [2.75, 3.05) is 0 Å². The monoisotopic (exact) mass is 244 g/mol. The Morgan fingerprint density at radius 3 is 0.545 bits per heavy atom. The third kappa shape index (κ3) is 18.3. The van der Waals surface area contributed by atoms with E-state index < -0.39 is 0 Å². The third-order valence-electron chi connectivity index (χ3n) is 1.50. The predicted molar refractivity (Wildman–Crippen MR) is 63.4 cm³/mol. The van der Waals surface area contributed by atoms with Crippen LogP contribution in [0.25, 0.3) is 0 Å². The van der Waals surface area contributed by atoms with Crippen LogP contribution in [0, 0.1) is 0 Å². The van der Waals surface area contributed by atoms with Crippen molar-refractivity contribution in [2.24, 2.45) is 0 Å². The van der Waals surface area contributed by atoms with Gasteiger partial charge in [-0.05, 0) is 0 Å². The molecule has 0 aromatic heterocycles. The van der Waals surface area contributed by atoms with Gasteiger partial charge in [-0.2, -0.15) is 0 Å². The lowest BCUT2D eigenvalue weighted by Gasteiger charge is -2.05. The highest BCUT2D eigenvalue weighted by atomic mass is 35.5. The van der Waals surface area contributed by atoms with Crippen LogP contribution in [0.4, 0.5) is 0 Å². The Balaban J connectivity index is -0.0000000240. The summed E-state index contributed by atoms with van der Waals surface area (Å²) < 4.78 is 0. The van der Waals surface area contributed by atoms with Crippen molar-refractivity contribution in [3.63, 3.8) is 0 Å². The number of hydrogen-bond donors (Lipinski definition) is 0. The van der Waals surface area contributed by atoms with Gasteiger partial charge in [0.05, 0.1) is 0 Å². The SMILES string of the molecule is C.C1CCCCC1.Cl.Cl.Cl.Cl. The third-order valence-corrected chi connectivity index (χ3v) is 1.50. The molecule has 4 heteroatoms. The van der Waals surface area contributed by atoms with Gasteiger partial charge in [-0.15, -0.1) is 49.6 Å². The first-order valence-electron chi connectivity index (χ1n) is 3.00. The topological polar surface area (TPSA) is 0 Å². The summed E-state index contributed by atoms with van der Waals surface area (Å²) in [6.45, 7) is 0. The van der Waals surface area contributed by atoms with Gasteiger partial charge < -0.3 is 0 Å². The summed E-state index contributed by atoms with van der Waals surface area (Å²) in [7, 11) is 0. The molecule has 0 N–H and O–H groups in total. The maximum absolute atomic E-state index is 1.50. The second-order valence-corrected chi connectivity index (χ2v) is 2.12. The minimum Gasteiger partial charge on any atom is -0.147 e. The number of hydrogen-bond acceptors (Lipinski definition) is 0. The highest BCUT2D eigenvalue weighted by molar-refractivity contribution is 5.86. The van der Waals surface area contributed by atoms with Gasteiger partial charge in [0.15, 0.2) is 0 Å². The Morgan fingerprint density at radius 1 is 0.364 bits per heavy atom. The van der Waals surface area contributed by atoms with E-state index in [4.69, 9.17) is 0 Å². The molecule has 1 rings (SSSR count). The zero-order chi connectivity index (χ0) is 4.24. The number of halogens is 4. The van der Waals surface area contributed by atoms with Crippen LogP contribution in [0.15, 0.2) is 0 Å². The van der Waals surface area contributed by atoms with E-state index in [9.17, 15) is 0 Å². The maximum atomic E-state index is 1.50. The van der Waals surface area contributed by atoms with Gasteiger partial charge in [0, 0.05) is 0 Å². The molecule has 11 heavy (non-hydrogen) atoms. The van der Waals surface area contributed by atoms with Crippen molar-refractivity contribution >= 4 is 49.6 Å². The second kappa shape index (κ2) is 22.5. The van der Waals surface area contributed by atoms with E-state index in [-0.39, 0.29) is 57.1 Å². The van der Waals surface area contributed by atoms with E-state index in [1.54, 1.807) is 0 Å². The second-order valence-electron chi connectivity index (χ2n) is 2.12. The summed E-state index contributed by atoms with van der Waals surface area (Å²) in [5.41, 5.74) is 0. The van der Waals surface area contributed by atoms with Crippen LogP contribution in [0.5, 0.6) is 0 Å². The summed E-state index contributed by atoms with van der Waals surface area (Å²) in [4.78, 5) is 0. The minimum atomic E-state index is 0. The Morgan fingerprint density at radius 2 is 0.455 bits per heavy atom. The molecule has 76 valence electrons. The zero-order valence-corrected chi connectivity index (χ0v) is 9.14. The molecule has 1 saturated carbocycles. The van der Waals surface area contributed by atoms with E-state index in [1.807, 2.05) is 0 Å². The molecule has 1 fully saturated rings. The molecule has 1 aliphatic carbocycles. The molecular formula is C7H20Cl4. The standard InChI is InChI=1S/C6H12.CH4.4ClH/c1-2-4-6-5-3-1;;;;;/h1-6H2;1H4;4*1H. The van der Waals surface area contributed by atoms with Gasteiger partial charge in [-0.25, -0.2) is 0 Å². The molecule has 0 saturated heterocycles. The van der Waals surface area contributed by atoms with Crippen molar-refractivity contribution in [2.45, 2.75) is 46.0 Å². The van der Waals surface area contributed by atoms with Crippen LogP contribution in [0.2, 0.25) is 0 Å². The Labute approximate surface area is 95.5 Å². The first-order valence-corrected chi connectivity index (χ1v) is 3.00. The van der Waals surface area contributed by atoms with E-state index in [0.29, 0.717) is 0 Å². The summed E-state index contributed by atoms with van der Waals surface area (Å²) in [6.07, 6.45) is 9.00. The predicted octanol–water partition coefficient (Wildman–Crippen LogP) is 4.66. The van der Waals surface area contributed by atoms with E-state index >= 15 is 0 Å². The molecule has 0 amide bonds. The molecule has 0 aliphatic heterocycles. The molecular weight excluding hydrogens is 226 g/mol. The summed E-state index contributed by atoms with van der Waals surface area (Å²) >= 11 is 0. The van der Waals surface area contributed by atoms with E-state index in [0.717, 1.165) is 0 Å². The Hall–Kier alpha value is 1.16. The van der Waals surface area contributed by atoms with Crippen LogP contribution >= 0.6 is 49.6 Å². The number of rotatable bonds is 0. The molecule has 0 heterocycles. The van der Waals surface area contributed by atoms with Gasteiger partial charge in [-0.1, -0.05) is 46.0 Å². The lowest BCUT2D eigenvalue weighted by Crippen LogP contribution is -1.85. The molecule has 0 aromatic carbocycles. The van der Waals surface area contributed by atoms with Crippen LogP contribution < -0.4 is 0 Å². The molecule has 0 unspecified atom stereocenters. The molecule has 1 aliphatic rings. The molecule has 0 aromatic rings. The quantitative estimate of drug-likeness (QED) is 0.582.